The van der Waals surface area contributed by atoms with Crippen LogP contribution in [0.1, 0.15) is 71.3 Å². The molecular formula is C93H71F6N7O14. The predicted octanol–water partition coefficient (Wildman–Crippen LogP) is 18.7. The maximum absolute atomic E-state index is 16.6. The Morgan fingerprint density at radius 2 is 0.617 bits per heavy atom. The number of imide groups is 2. The Morgan fingerprint density at radius 1 is 0.358 bits per heavy atom. The van der Waals surface area contributed by atoms with Gasteiger partial charge in [0.15, 0.2) is 5.78 Å². The summed E-state index contributed by atoms with van der Waals surface area (Å²) in [7, 11) is 0. The van der Waals surface area contributed by atoms with E-state index in [1.807, 2.05) is 0 Å². The van der Waals surface area contributed by atoms with Crippen LogP contribution in [0.25, 0.3) is 43.1 Å². The van der Waals surface area contributed by atoms with Gasteiger partial charge < -0.3 is 59.2 Å². The summed E-state index contributed by atoms with van der Waals surface area (Å²) >= 11 is 0. The second-order valence-electron chi connectivity index (χ2n) is 30.2. The van der Waals surface area contributed by atoms with Crippen molar-refractivity contribution in [1.82, 2.24) is 9.80 Å². The fourth-order valence-corrected chi connectivity index (χ4v) is 15.9. The van der Waals surface area contributed by atoms with Crippen molar-refractivity contribution in [3.8, 4) is 46.0 Å². The largest absolute Gasteiger partial charge is 0.457 e. The number of para-hydroxylation sites is 4. The van der Waals surface area contributed by atoms with Crippen molar-refractivity contribution in [2.45, 2.75) is 67.6 Å². The van der Waals surface area contributed by atoms with Gasteiger partial charge in [-0.15, -0.1) is 0 Å². The summed E-state index contributed by atoms with van der Waals surface area (Å²) in [5.74, 6) is -10.1. The van der Waals surface area contributed by atoms with Crippen LogP contribution >= 0.6 is 0 Å². The van der Waals surface area contributed by atoms with Crippen molar-refractivity contribution >= 4 is 113 Å². The van der Waals surface area contributed by atoms with E-state index >= 15 is 55.1 Å². The number of Topliss-reactive ketones (excluding diaryl/α,β-unsaturated/α-hetero) is 1. The molecular weight excluding hydrogens is 1550 g/mol. The van der Waals surface area contributed by atoms with E-state index in [2.05, 4.69) is 21.3 Å². The highest BCUT2D eigenvalue weighted by molar-refractivity contribution is 6.45. The van der Waals surface area contributed by atoms with E-state index < -0.39 is 101 Å². The van der Waals surface area contributed by atoms with Crippen molar-refractivity contribution < 1.29 is 93.0 Å². The molecule has 6 aliphatic heterocycles. The molecule has 0 aromatic heterocycles. The molecule has 13 aromatic carbocycles. The van der Waals surface area contributed by atoms with Gasteiger partial charge in [0.05, 0.1) is 91.9 Å². The Balaban J connectivity index is 0.843. The highest BCUT2D eigenvalue weighted by atomic mass is 19.4. The molecule has 6 atom stereocenters. The van der Waals surface area contributed by atoms with Gasteiger partial charge in [-0.1, -0.05) is 97.1 Å². The third-order valence-corrected chi connectivity index (χ3v) is 21.9. The Kier molecular flexibility index (Phi) is 19.8. The molecule has 21 nitrogen and oxygen atoms in total. The fourth-order valence-electron chi connectivity index (χ4n) is 15.9. The van der Waals surface area contributed by atoms with Gasteiger partial charge in [0.2, 0.25) is 0 Å². The molecule has 0 aliphatic carbocycles. The third kappa shape index (κ3) is 15.5. The molecule has 19 rings (SSSR count). The molecule has 13 aromatic rings. The average molecular weight is 1620 g/mol. The SMILES string of the molecule is O=C(C(c1ccc(NCC2CO2)cc1)c1ccc(NCC2CO2)cc1)C(CC(F)(F)F)N1C(=O)c2cc(Oc3ccccc3)c3c4c(Oc5ccccc5)cc5c6c(cc(Oc7ccccc7)c(c7c(Oc8ccccc8)cc(c2c37)C1=O)c64)C(=O)N(C(CC(F)(F)F)C(=O)N(c1ccc(NCC2CO2)cc1)c1ccc(NCC2CO2)cc1)C5=O. The number of alkyl halides is 6. The lowest BCUT2D eigenvalue weighted by Gasteiger charge is -2.37. The summed E-state index contributed by atoms with van der Waals surface area (Å²) in [5.41, 5.74) is 1.25. The number of fused-ring (bicyclic) bond motifs is 2. The maximum atomic E-state index is 16.6. The van der Waals surface area contributed by atoms with Crippen LogP contribution in [-0.4, -0.2) is 147 Å². The van der Waals surface area contributed by atoms with E-state index in [1.54, 1.807) is 194 Å². The number of carbonyl (C=O) groups is 6. The topological polar surface area (TPSA) is 247 Å². The Hall–Kier alpha value is -13.6. The van der Waals surface area contributed by atoms with Crippen LogP contribution in [0, 0.1) is 0 Å². The number of halogens is 6. The summed E-state index contributed by atoms with van der Waals surface area (Å²) in [6.07, 6.45) is -14.7. The number of nitrogens with one attached hydrogen (secondary N) is 4. The summed E-state index contributed by atoms with van der Waals surface area (Å²) in [4.78, 5) is 101. The van der Waals surface area contributed by atoms with Gasteiger partial charge in [-0.05, 0) is 157 Å². The zero-order chi connectivity index (χ0) is 82.2. The predicted molar refractivity (Wildman–Crippen MR) is 436 cm³/mol. The summed E-state index contributed by atoms with van der Waals surface area (Å²) < 4.78 is 146. The van der Waals surface area contributed by atoms with E-state index in [4.69, 9.17) is 37.9 Å². The lowest BCUT2D eigenvalue weighted by atomic mass is 9.79. The minimum Gasteiger partial charge on any atom is -0.457 e. The van der Waals surface area contributed by atoms with E-state index in [0.29, 0.717) is 85.2 Å². The average Bonchev–Trinajstić information content (AvgIpc) is 1.62. The van der Waals surface area contributed by atoms with Crippen LogP contribution in [0.2, 0.25) is 0 Å². The molecule has 5 amide bonds. The van der Waals surface area contributed by atoms with Gasteiger partial charge in [-0.3, -0.25) is 43.5 Å². The number of nitrogens with zero attached hydrogens (tertiary/aromatic N) is 3. The van der Waals surface area contributed by atoms with Crippen LogP contribution in [0.5, 0.6) is 46.0 Å². The Bertz CT molecular complexity index is 5460. The van der Waals surface area contributed by atoms with Crippen LogP contribution in [0.3, 0.4) is 0 Å². The van der Waals surface area contributed by atoms with Crippen molar-refractivity contribution in [3.05, 3.63) is 276 Å². The van der Waals surface area contributed by atoms with Crippen LogP contribution < -0.4 is 45.1 Å². The van der Waals surface area contributed by atoms with E-state index in [9.17, 15) is 0 Å². The molecule has 120 heavy (non-hydrogen) atoms. The first-order valence-electron chi connectivity index (χ1n) is 39.1. The van der Waals surface area contributed by atoms with Crippen LogP contribution in [0.4, 0.5) is 60.5 Å². The standard InChI is InChI=1S/C93H71F6N7O14/c94-92(95,96)41-71(86(107)77(51-21-25-53(26-22-51)100-43-63-47-113-63)52-23-27-54(28-24-52)101-44-64-48-114-64)105-87(108)67-37-73(117-59-13-5-1-6-14-59)80-82-75(119-61-17-9-3-10-18-61)39-69-79-70(40-76(120-62-19-11-4-12-20-62)83(85(79)82)81-74(118-60-15-7-2-8-16-60)38-68(88(105)109)78(67)84(80)81)90(111)106(89(69)110)72(42-93(97,98)99)91(112)104(57-33-29-55(30-34-57)102-45-65-49-115-65)58-35-31-56(32-36-58)103-46-66-50-116-66/h1-40,63-66,71-72,77,100-103H,41-50H2. The monoisotopic (exact) mass is 1620 g/mol. The smallest absolute Gasteiger partial charge is 0.391 e. The fraction of sp³-hybridized carbons (Fsp3) is 0.204. The van der Waals surface area contributed by atoms with E-state index in [-0.39, 0.29) is 136 Å². The zero-order valence-electron chi connectivity index (χ0n) is 63.5. The molecule has 4 fully saturated rings. The second kappa shape index (κ2) is 31.0. The van der Waals surface area contributed by atoms with Crippen molar-refractivity contribution in [2.24, 2.45) is 0 Å². The zero-order valence-corrected chi connectivity index (χ0v) is 63.5. The number of hydrogen-bond acceptors (Lipinski definition) is 18. The highest BCUT2D eigenvalue weighted by Crippen LogP contribution is 2.59. The molecule has 0 spiro atoms. The minimum absolute atomic E-state index is 0.0240. The molecule has 27 heteroatoms. The van der Waals surface area contributed by atoms with Crippen molar-refractivity contribution in [2.75, 3.05) is 78.8 Å². The van der Waals surface area contributed by atoms with Crippen LogP contribution in [-0.2, 0) is 28.5 Å². The molecule has 4 N–H and O–H groups in total. The number of ether oxygens (including phenoxy) is 8. The van der Waals surface area contributed by atoms with Gasteiger partial charge in [0.25, 0.3) is 29.5 Å². The Labute approximate surface area is 680 Å². The van der Waals surface area contributed by atoms with E-state index in [1.165, 1.54) is 48.5 Å². The number of carbonyl (C=O) groups excluding carboxylic acids is 6. The Morgan fingerprint density at radius 3 is 0.883 bits per heavy atom. The number of anilines is 6. The summed E-state index contributed by atoms with van der Waals surface area (Å²) in [5, 5.41) is 12.4. The van der Waals surface area contributed by atoms with E-state index in [0.717, 1.165) is 4.90 Å². The molecule has 0 saturated carbocycles. The number of epoxide rings is 4. The second-order valence-corrected chi connectivity index (χ2v) is 30.2. The first-order chi connectivity index (χ1) is 58.2. The summed E-state index contributed by atoms with van der Waals surface area (Å²) in [6, 6.07) is 58.0. The number of ketones is 1. The molecule has 6 unspecified atom stereocenters. The maximum Gasteiger partial charge on any atom is 0.391 e. The minimum atomic E-state index is -5.26. The molecule has 4 saturated heterocycles. The number of benzene rings is 13. The molecule has 6 heterocycles. The van der Waals surface area contributed by atoms with Gasteiger partial charge in [0.1, 0.15) is 58.1 Å². The van der Waals surface area contributed by atoms with Gasteiger partial charge in [0, 0.05) is 103 Å². The highest BCUT2D eigenvalue weighted by Gasteiger charge is 2.52. The lowest BCUT2D eigenvalue weighted by molar-refractivity contribution is -0.152. The van der Waals surface area contributed by atoms with Gasteiger partial charge in [-0.25, -0.2) is 0 Å². The lowest BCUT2D eigenvalue weighted by Crippen LogP contribution is -2.55. The molecule has 6 aliphatic rings. The molecule has 0 bridgehead atoms. The third-order valence-electron chi connectivity index (χ3n) is 21.9. The first-order valence-corrected chi connectivity index (χ1v) is 39.1. The van der Waals surface area contributed by atoms with Gasteiger partial charge >= 0.3 is 12.4 Å². The number of amides is 5. The van der Waals surface area contributed by atoms with Crippen molar-refractivity contribution in [1.29, 1.82) is 0 Å². The van der Waals surface area contributed by atoms with Gasteiger partial charge in [-0.2, -0.15) is 26.3 Å². The number of rotatable bonds is 31. The molecule has 0 radical (unpaired) electrons. The number of hydrogen-bond donors (Lipinski definition) is 4. The van der Waals surface area contributed by atoms with Crippen LogP contribution in [0.15, 0.2) is 243 Å². The van der Waals surface area contributed by atoms with Crippen molar-refractivity contribution in [3.63, 3.8) is 0 Å². The first kappa shape index (κ1) is 76.4. The normalized spacial score (nSPS) is 17.9. The quantitative estimate of drug-likeness (QED) is 0.0104. The summed E-state index contributed by atoms with van der Waals surface area (Å²) in [6.45, 7) is 4.02. The molecule has 604 valence electrons.